The lowest BCUT2D eigenvalue weighted by Crippen LogP contribution is -2.33. The third kappa shape index (κ3) is 3.83. The summed E-state index contributed by atoms with van der Waals surface area (Å²) in [5.41, 5.74) is 0.255. The number of amides is 1. The minimum absolute atomic E-state index is 0.142. The van der Waals surface area contributed by atoms with E-state index in [1.165, 1.54) is 12.4 Å². The van der Waals surface area contributed by atoms with Crippen LogP contribution in [0.1, 0.15) is 37.2 Å². The fourth-order valence-corrected chi connectivity index (χ4v) is 1.40. The zero-order valence-corrected chi connectivity index (χ0v) is 9.58. The predicted octanol–water partition coefficient (Wildman–Crippen LogP) is 2.05. The van der Waals surface area contributed by atoms with Gasteiger partial charge >= 0.3 is 0 Å². The first-order chi connectivity index (χ1) is 7.13. The van der Waals surface area contributed by atoms with Crippen molar-refractivity contribution in [1.29, 1.82) is 0 Å². The van der Waals surface area contributed by atoms with E-state index in [1.54, 1.807) is 0 Å². The van der Waals surface area contributed by atoms with Crippen LogP contribution in [-0.2, 0) is 0 Å². The van der Waals surface area contributed by atoms with Crippen molar-refractivity contribution in [2.45, 2.75) is 32.7 Å². The van der Waals surface area contributed by atoms with Crippen LogP contribution in [0.15, 0.2) is 12.4 Å². The van der Waals surface area contributed by atoms with Crippen LogP contribution in [0.25, 0.3) is 0 Å². The molecule has 0 aliphatic rings. The van der Waals surface area contributed by atoms with Crippen LogP contribution in [0.3, 0.4) is 0 Å². The third-order valence-electron chi connectivity index (χ3n) is 1.94. The Bertz CT molecular complexity index is 343. The molecule has 0 saturated heterocycles. The standard InChI is InChI=1S/C10H14ClN3O/c1-3-4-7(2)13-10(15)8-5-12-6-9(11)14-8/h5-7H,3-4H2,1-2H3,(H,13,15). The van der Waals surface area contributed by atoms with Crippen molar-refractivity contribution in [1.82, 2.24) is 15.3 Å². The smallest absolute Gasteiger partial charge is 0.271 e. The number of nitrogens with one attached hydrogen (secondary N) is 1. The fraction of sp³-hybridized carbons (Fsp3) is 0.500. The van der Waals surface area contributed by atoms with Gasteiger partial charge in [-0.1, -0.05) is 24.9 Å². The average Bonchev–Trinajstić information content (AvgIpc) is 2.18. The Balaban J connectivity index is 2.61. The van der Waals surface area contributed by atoms with Crippen LogP contribution in [0.2, 0.25) is 5.15 Å². The van der Waals surface area contributed by atoms with Crippen LogP contribution in [0.5, 0.6) is 0 Å². The number of hydrogen-bond acceptors (Lipinski definition) is 3. The normalized spacial score (nSPS) is 12.2. The van der Waals surface area contributed by atoms with Crippen LogP contribution >= 0.6 is 11.6 Å². The number of nitrogens with zero attached hydrogens (tertiary/aromatic N) is 2. The summed E-state index contributed by atoms with van der Waals surface area (Å²) in [6.45, 7) is 4.03. The van der Waals surface area contributed by atoms with Gasteiger partial charge in [0, 0.05) is 6.04 Å². The summed E-state index contributed by atoms with van der Waals surface area (Å²) in [4.78, 5) is 19.3. The first kappa shape index (κ1) is 11.9. The van der Waals surface area contributed by atoms with E-state index < -0.39 is 0 Å². The number of rotatable bonds is 4. The van der Waals surface area contributed by atoms with Gasteiger partial charge in [0.1, 0.15) is 10.8 Å². The maximum atomic E-state index is 11.6. The van der Waals surface area contributed by atoms with Crippen molar-refractivity contribution in [3.05, 3.63) is 23.2 Å². The second kappa shape index (κ2) is 5.66. The Kier molecular flexibility index (Phi) is 4.49. The molecule has 1 rings (SSSR count). The van der Waals surface area contributed by atoms with E-state index in [2.05, 4.69) is 22.2 Å². The highest BCUT2D eigenvalue weighted by Gasteiger charge is 2.10. The van der Waals surface area contributed by atoms with Crippen LogP contribution in [0, 0.1) is 0 Å². The van der Waals surface area contributed by atoms with Gasteiger partial charge in [-0.05, 0) is 13.3 Å². The van der Waals surface area contributed by atoms with Gasteiger partial charge in [-0.2, -0.15) is 0 Å². The van der Waals surface area contributed by atoms with Gasteiger partial charge in [0.15, 0.2) is 0 Å². The molecule has 0 spiro atoms. The van der Waals surface area contributed by atoms with Crippen molar-refractivity contribution in [2.75, 3.05) is 0 Å². The van der Waals surface area contributed by atoms with Gasteiger partial charge in [0.2, 0.25) is 0 Å². The van der Waals surface area contributed by atoms with E-state index in [0.717, 1.165) is 12.8 Å². The van der Waals surface area contributed by atoms with E-state index in [0.29, 0.717) is 0 Å². The third-order valence-corrected chi connectivity index (χ3v) is 2.12. The van der Waals surface area contributed by atoms with Gasteiger partial charge < -0.3 is 5.32 Å². The van der Waals surface area contributed by atoms with Gasteiger partial charge in [-0.25, -0.2) is 4.98 Å². The summed E-state index contributed by atoms with van der Waals surface area (Å²) in [5.74, 6) is -0.231. The molecular formula is C10H14ClN3O. The average molecular weight is 228 g/mol. The maximum absolute atomic E-state index is 11.6. The molecule has 0 radical (unpaired) electrons. The van der Waals surface area contributed by atoms with Crippen LogP contribution in [-0.4, -0.2) is 21.9 Å². The minimum Gasteiger partial charge on any atom is -0.348 e. The van der Waals surface area contributed by atoms with Crippen molar-refractivity contribution in [2.24, 2.45) is 0 Å². The molecule has 0 saturated carbocycles. The molecule has 1 atom stereocenters. The first-order valence-electron chi connectivity index (χ1n) is 4.92. The van der Waals surface area contributed by atoms with Crippen molar-refractivity contribution < 1.29 is 4.79 Å². The number of aromatic nitrogens is 2. The van der Waals surface area contributed by atoms with Gasteiger partial charge in [0.25, 0.3) is 5.91 Å². The highest BCUT2D eigenvalue weighted by molar-refractivity contribution is 6.29. The van der Waals surface area contributed by atoms with Crippen LogP contribution < -0.4 is 5.32 Å². The second-order valence-electron chi connectivity index (χ2n) is 3.39. The van der Waals surface area contributed by atoms with E-state index >= 15 is 0 Å². The molecule has 0 aliphatic heterocycles. The number of carbonyl (C=O) groups is 1. The van der Waals surface area contributed by atoms with Gasteiger partial charge in [-0.15, -0.1) is 0 Å². The molecule has 15 heavy (non-hydrogen) atoms. The summed E-state index contributed by atoms with van der Waals surface area (Å²) in [6, 6.07) is 0.142. The fourth-order valence-electron chi connectivity index (χ4n) is 1.25. The Hall–Kier alpha value is -1.16. The zero-order chi connectivity index (χ0) is 11.3. The molecule has 1 aromatic rings. The van der Waals surface area contributed by atoms with E-state index in [1.807, 2.05) is 6.92 Å². The molecule has 4 nitrogen and oxygen atoms in total. The SMILES string of the molecule is CCCC(C)NC(=O)c1cncc(Cl)n1. The molecule has 1 unspecified atom stereocenters. The molecule has 0 bridgehead atoms. The summed E-state index contributed by atoms with van der Waals surface area (Å²) < 4.78 is 0. The largest absolute Gasteiger partial charge is 0.348 e. The summed E-state index contributed by atoms with van der Waals surface area (Å²) >= 11 is 5.63. The molecule has 1 N–H and O–H groups in total. The second-order valence-corrected chi connectivity index (χ2v) is 3.78. The van der Waals surface area contributed by atoms with Gasteiger partial charge in [0.05, 0.1) is 12.4 Å². The van der Waals surface area contributed by atoms with Gasteiger partial charge in [-0.3, -0.25) is 9.78 Å². The molecule has 0 aliphatic carbocycles. The molecular weight excluding hydrogens is 214 g/mol. The lowest BCUT2D eigenvalue weighted by atomic mass is 10.2. The quantitative estimate of drug-likeness (QED) is 0.857. The first-order valence-corrected chi connectivity index (χ1v) is 5.29. The Morgan fingerprint density at radius 1 is 1.60 bits per heavy atom. The molecule has 1 heterocycles. The molecule has 5 heteroatoms. The zero-order valence-electron chi connectivity index (χ0n) is 8.83. The topological polar surface area (TPSA) is 54.9 Å². The molecule has 0 fully saturated rings. The van der Waals surface area contributed by atoms with E-state index in [9.17, 15) is 4.79 Å². The molecule has 82 valence electrons. The minimum atomic E-state index is -0.231. The maximum Gasteiger partial charge on any atom is 0.271 e. The lowest BCUT2D eigenvalue weighted by molar-refractivity contribution is 0.0933. The van der Waals surface area contributed by atoms with Crippen molar-refractivity contribution in [3.8, 4) is 0 Å². The van der Waals surface area contributed by atoms with E-state index in [-0.39, 0.29) is 22.8 Å². The summed E-state index contributed by atoms with van der Waals surface area (Å²) in [6.07, 6.45) is 4.77. The Morgan fingerprint density at radius 3 is 2.93 bits per heavy atom. The molecule has 1 amide bonds. The highest BCUT2D eigenvalue weighted by atomic mass is 35.5. The van der Waals surface area contributed by atoms with E-state index in [4.69, 9.17) is 11.6 Å². The van der Waals surface area contributed by atoms with Crippen LogP contribution in [0.4, 0.5) is 0 Å². The molecule has 0 aromatic carbocycles. The van der Waals surface area contributed by atoms with Crippen molar-refractivity contribution >= 4 is 17.5 Å². The monoisotopic (exact) mass is 227 g/mol. The summed E-state index contributed by atoms with van der Waals surface area (Å²) in [5, 5.41) is 3.05. The van der Waals surface area contributed by atoms with Crippen molar-refractivity contribution in [3.63, 3.8) is 0 Å². The highest BCUT2D eigenvalue weighted by Crippen LogP contribution is 2.03. The predicted molar refractivity (Wildman–Crippen MR) is 58.9 cm³/mol. The number of halogens is 1. The Morgan fingerprint density at radius 2 is 2.33 bits per heavy atom. The molecule has 1 aromatic heterocycles. The number of carbonyl (C=O) groups excluding carboxylic acids is 1. The Labute approximate surface area is 94.1 Å². The summed E-state index contributed by atoms with van der Waals surface area (Å²) in [7, 11) is 0. The lowest BCUT2D eigenvalue weighted by Gasteiger charge is -2.11. The number of hydrogen-bond donors (Lipinski definition) is 1.